The van der Waals surface area contributed by atoms with Crippen molar-refractivity contribution < 1.29 is 4.79 Å². The molecule has 8 nitrogen and oxygen atoms in total. The van der Waals surface area contributed by atoms with Gasteiger partial charge in [0.2, 0.25) is 5.95 Å². The molecule has 0 saturated carbocycles. The normalized spacial score (nSPS) is 13.3. The Bertz CT molecular complexity index is 1120. The van der Waals surface area contributed by atoms with Gasteiger partial charge in [-0.2, -0.15) is 4.98 Å². The van der Waals surface area contributed by atoms with Gasteiger partial charge in [-0.05, 0) is 57.7 Å². The van der Waals surface area contributed by atoms with Crippen molar-refractivity contribution in [2.45, 2.75) is 13.0 Å². The van der Waals surface area contributed by atoms with E-state index in [1.807, 2.05) is 24.3 Å². The quantitative estimate of drug-likeness (QED) is 0.397. The SMILES string of the molecule is CNC(=O)c1ccccc1Nc1nc(Nc2ccc3c(c2)CCN(CCN)C3)ncc1Br. The second kappa shape index (κ2) is 10.1. The Labute approximate surface area is 195 Å². The number of para-hydroxylation sites is 1. The van der Waals surface area contributed by atoms with E-state index in [0.717, 1.165) is 31.7 Å². The van der Waals surface area contributed by atoms with E-state index in [9.17, 15) is 4.79 Å². The average molecular weight is 496 g/mol. The molecule has 9 heteroatoms. The Morgan fingerprint density at radius 3 is 2.84 bits per heavy atom. The first-order chi connectivity index (χ1) is 15.6. The molecular formula is C23H26BrN7O. The maximum Gasteiger partial charge on any atom is 0.253 e. The molecule has 0 unspecified atom stereocenters. The fourth-order valence-corrected chi connectivity index (χ4v) is 4.05. The number of benzene rings is 2. The van der Waals surface area contributed by atoms with E-state index in [0.29, 0.717) is 34.0 Å². The minimum Gasteiger partial charge on any atom is -0.355 e. The van der Waals surface area contributed by atoms with Gasteiger partial charge < -0.3 is 21.7 Å². The van der Waals surface area contributed by atoms with Gasteiger partial charge in [0, 0.05) is 45.1 Å². The van der Waals surface area contributed by atoms with Crippen LogP contribution in [0.4, 0.5) is 23.1 Å². The summed E-state index contributed by atoms with van der Waals surface area (Å²) in [4.78, 5) is 23.5. The fourth-order valence-electron chi connectivity index (χ4n) is 3.76. The Kier molecular flexibility index (Phi) is 6.99. The van der Waals surface area contributed by atoms with Gasteiger partial charge in [0.1, 0.15) is 5.82 Å². The number of anilines is 4. The van der Waals surface area contributed by atoms with Crippen LogP contribution in [0, 0.1) is 0 Å². The molecule has 0 fully saturated rings. The van der Waals surface area contributed by atoms with E-state index in [2.05, 4.69) is 58.9 Å². The molecule has 1 aliphatic heterocycles. The summed E-state index contributed by atoms with van der Waals surface area (Å²) in [5.41, 5.74) is 10.5. The number of carbonyl (C=O) groups excluding carboxylic acids is 1. The number of nitrogens with two attached hydrogens (primary N) is 1. The van der Waals surface area contributed by atoms with Gasteiger partial charge >= 0.3 is 0 Å². The summed E-state index contributed by atoms with van der Waals surface area (Å²) < 4.78 is 0.695. The first-order valence-electron chi connectivity index (χ1n) is 10.5. The number of rotatable bonds is 7. The number of fused-ring (bicyclic) bond motifs is 1. The summed E-state index contributed by atoms with van der Waals surface area (Å²) in [6.45, 7) is 3.55. The molecule has 32 heavy (non-hydrogen) atoms. The van der Waals surface area contributed by atoms with Crippen molar-refractivity contribution in [1.29, 1.82) is 0 Å². The van der Waals surface area contributed by atoms with Crippen LogP contribution in [0.15, 0.2) is 53.1 Å². The predicted molar refractivity (Wildman–Crippen MR) is 131 cm³/mol. The lowest BCUT2D eigenvalue weighted by Crippen LogP contribution is -2.34. The van der Waals surface area contributed by atoms with Crippen molar-refractivity contribution in [3.05, 3.63) is 69.8 Å². The zero-order valence-electron chi connectivity index (χ0n) is 17.9. The van der Waals surface area contributed by atoms with Crippen LogP contribution in [0.3, 0.4) is 0 Å². The minimum atomic E-state index is -0.171. The van der Waals surface area contributed by atoms with Crippen molar-refractivity contribution in [3.63, 3.8) is 0 Å². The molecule has 0 radical (unpaired) electrons. The van der Waals surface area contributed by atoms with Gasteiger partial charge in [-0.3, -0.25) is 9.69 Å². The summed E-state index contributed by atoms with van der Waals surface area (Å²) in [6, 6.07) is 13.6. The van der Waals surface area contributed by atoms with E-state index < -0.39 is 0 Å². The number of halogens is 1. The van der Waals surface area contributed by atoms with Gasteiger partial charge in [0.15, 0.2) is 0 Å². The topological polar surface area (TPSA) is 108 Å². The highest BCUT2D eigenvalue weighted by molar-refractivity contribution is 9.10. The molecule has 4 rings (SSSR count). The van der Waals surface area contributed by atoms with Gasteiger partial charge in [0.05, 0.1) is 15.7 Å². The zero-order valence-corrected chi connectivity index (χ0v) is 19.4. The van der Waals surface area contributed by atoms with Crippen molar-refractivity contribution in [2.75, 3.05) is 37.3 Å². The third-order valence-corrected chi connectivity index (χ3v) is 5.98. The second-order valence-corrected chi connectivity index (χ2v) is 8.42. The second-order valence-electron chi connectivity index (χ2n) is 7.56. The van der Waals surface area contributed by atoms with Gasteiger partial charge in [-0.15, -0.1) is 0 Å². The predicted octanol–water partition coefficient (Wildman–Crippen LogP) is 3.40. The minimum absolute atomic E-state index is 0.171. The van der Waals surface area contributed by atoms with Crippen LogP contribution in [-0.4, -0.2) is 47.5 Å². The third kappa shape index (κ3) is 5.07. The smallest absolute Gasteiger partial charge is 0.253 e. The lowest BCUT2D eigenvalue weighted by Gasteiger charge is -2.28. The van der Waals surface area contributed by atoms with Crippen molar-refractivity contribution in [2.24, 2.45) is 5.73 Å². The van der Waals surface area contributed by atoms with E-state index in [-0.39, 0.29) is 5.91 Å². The Morgan fingerprint density at radius 2 is 2.03 bits per heavy atom. The Balaban J connectivity index is 1.53. The molecule has 166 valence electrons. The fraction of sp³-hybridized carbons (Fsp3) is 0.261. The van der Waals surface area contributed by atoms with Crippen LogP contribution in [-0.2, 0) is 13.0 Å². The number of hydrogen-bond acceptors (Lipinski definition) is 7. The Morgan fingerprint density at radius 1 is 1.19 bits per heavy atom. The van der Waals surface area contributed by atoms with Crippen LogP contribution in [0.25, 0.3) is 0 Å². The maximum atomic E-state index is 12.2. The number of amides is 1. The molecule has 0 saturated heterocycles. The van der Waals surface area contributed by atoms with Crippen LogP contribution < -0.4 is 21.7 Å². The number of hydrogen-bond donors (Lipinski definition) is 4. The van der Waals surface area contributed by atoms with E-state index in [1.165, 1.54) is 11.1 Å². The van der Waals surface area contributed by atoms with Crippen LogP contribution >= 0.6 is 15.9 Å². The average Bonchev–Trinajstić information content (AvgIpc) is 2.81. The Hall–Kier alpha value is -3.01. The first kappa shape index (κ1) is 22.2. The van der Waals surface area contributed by atoms with Crippen LogP contribution in [0.1, 0.15) is 21.5 Å². The number of aromatic nitrogens is 2. The molecule has 2 heterocycles. The molecule has 0 bridgehead atoms. The summed E-state index contributed by atoms with van der Waals surface area (Å²) in [6.07, 6.45) is 2.68. The largest absolute Gasteiger partial charge is 0.355 e. The van der Waals surface area contributed by atoms with Crippen molar-refractivity contribution in [3.8, 4) is 0 Å². The molecule has 0 spiro atoms. The number of carbonyl (C=O) groups is 1. The lowest BCUT2D eigenvalue weighted by molar-refractivity contribution is 0.0964. The maximum absolute atomic E-state index is 12.2. The summed E-state index contributed by atoms with van der Waals surface area (Å²) in [7, 11) is 1.61. The number of nitrogens with one attached hydrogen (secondary N) is 3. The molecule has 0 atom stereocenters. The molecule has 1 amide bonds. The van der Waals surface area contributed by atoms with Crippen LogP contribution in [0.5, 0.6) is 0 Å². The molecule has 1 aromatic heterocycles. The van der Waals surface area contributed by atoms with Crippen LogP contribution in [0.2, 0.25) is 0 Å². The summed E-state index contributed by atoms with van der Waals surface area (Å²) >= 11 is 3.49. The van der Waals surface area contributed by atoms with Gasteiger partial charge in [-0.1, -0.05) is 18.2 Å². The summed E-state index contributed by atoms with van der Waals surface area (Å²) in [5, 5.41) is 9.19. The lowest BCUT2D eigenvalue weighted by atomic mass is 9.99. The highest BCUT2D eigenvalue weighted by Gasteiger charge is 2.16. The van der Waals surface area contributed by atoms with Gasteiger partial charge in [-0.25, -0.2) is 4.98 Å². The summed E-state index contributed by atoms with van der Waals surface area (Å²) in [5.74, 6) is 0.860. The molecular weight excluding hydrogens is 470 g/mol. The molecule has 1 aliphatic rings. The monoisotopic (exact) mass is 495 g/mol. The zero-order chi connectivity index (χ0) is 22.5. The van der Waals surface area contributed by atoms with Crippen molar-refractivity contribution in [1.82, 2.24) is 20.2 Å². The van der Waals surface area contributed by atoms with E-state index in [4.69, 9.17) is 5.73 Å². The molecule has 5 N–H and O–H groups in total. The molecule has 3 aromatic rings. The number of nitrogens with zero attached hydrogens (tertiary/aromatic N) is 3. The first-order valence-corrected chi connectivity index (χ1v) is 11.3. The standard InChI is InChI=1S/C23H26BrN7O/c1-26-22(32)18-4-2-3-5-20(18)29-21-19(24)13-27-23(30-21)28-17-7-6-16-14-31(11-9-25)10-8-15(16)12-17/h2-7,12-13H,8-11,14,25H2,1H3,(H,26,32)(H2,27,28,29,30). The van der Waals surface area contributed by atoms with E-state index in [1.54, 1.807) is 19.3 Å². The third-order valence-electron chi connectivity index (χ3n) is 5.39. The molecule has 2 aromatic carbocycles. The van der Waals surface area contributed by atoms with Crippen molar-refractivity contribution >= 4 is 45.0 Å². The van der Waals surface area contributed by atoms with E-state index >= 15 is 0 Å². The molecule has 0 aliphatic carbocycles. The highest BCUT2D eigenvalue weighted by atomic mass is 79.9. The van der Waals surface area contributed by atoms with Gasteiger partial charge in [0.25, 0.3) is 5.91 Å². The highest BCUT2D eigenvalue weighted by Crippen LogP contribution is 2.28.